The molecule has 0 nitrogen and oxygen atoms in total. The lowest BCUT2D eigenvalue weighted by Crippen LogP contribution is -1.88. The van der Waals surface area contributed by atoms with Gasteiger partial charge in [0.1, 0.15) is 0 Å². The molecule has 1 aromatic heterocycles. The fourth-order valence-electron chi connectivity index (χ4n) is 4.86. The largest absolute Gasteiger partial charge is 0.135 e. The smallest absolute Gasteiger partial charge is 0.0361 e. The van der Waals surface area contributed by atoms with Gasteiger partial charge in [-0.05, 0) is 52.1 Å². The van der Waals surface area contributed by atoms with Crippen LogP contribution in [0.4, 0.5) is 0 Å². The minimum Gasteiger partial charge on any atom is -0.135 e. The van der Waals surface area contributed by atoms with Gasteiger partial charge in [0.2, 0.25) is 0 Å². The van der Waals surface area contributed by atoms with Crippen molar-refractivity contribution in [2.45, 2.75) is 58.3 Å². The van der Waals surface area contributed by atoms with Crippen LogP contribution in [0.2, 0.25) is 0 Å². The molecule has 0 radical (unpaired) electrons. The van der Waals surface area contributed by atoms with Crippen LogP contribution >= 0.6 is 11.3 Å². The van der Waals surface area contributed by atoms with Crippen molar-refractivity contribution >= 4 is 53.1 Å². The number of benzene rings is 4. The Labute approximate surface area is 183 Å². The summed E-state index contributed by atoms with van der Waals surface area (Å²) in [5.41, 5.74) is 1.48. The lowest BCUT2D eigenvalue weighted by atomic mass is 9.96. The molecule has 0 fully saturated rings. The summed E-state index contributed by atoms with van der Waals surface area (Å²) in [5.74, 6) is 0. The Hall–Kier alpha value is -2.38. The first kappa shape index (κ1) is 19.6. The highest BCUT2D eigenvalue weighted by atomic mass is 32.1. The summed E-state index contributed by atoms with van der Waals surface area (Å²) in [5, 5.41) is 8.33. The van der Waals surface area contributed by atoms with E-state index in [0.717, 1.165) is 0 Å². The second-order valence-corrected chi connectivity index (χ2v) is 9.71. The van der Waals surface area contributed by atoms with E-state index < -0.39 is 0 Å². The molecule has 1 heterocycles. The van der Waals surface area contributed by atoms with Gasteiger partial charge in [0, 0.05) is 20.2 Å². The molecule has 152 valence electrons. The van der Waals surface area contributed by atoms with Crippen molar-refractivity contribution < 1.29 is 0 Å². The highest BCUT2D eigenvalue weighted by Gasteiger charge is 2.10. The van der Waals surface area contributed by atoms with Crippen molar-refractivity contribution in [3.63, 3.8) is 0 Å². The fourth-order valence-corrected chi connectivity index (χ4v) is 5.98. The third-order valence-corrected chi connectivity index (χ3v) is 7.62. The Bertz CT molecular complexity index is 1310. The predicted octanol–water partition coefficient (Wildman–Crippen LogP) is 9.65. The monoisotopic (exact) mass is 410 g/mol. The predicted molar refractivity (Wildman–Crippen MR) is 136 cm³/mol. The van der Waals surface area contributed by atoms with E-state index in [9.17, 15) is 0 Å². The SMILES string of the molecule is CCCCCCCCCc1ccc2c(ccc3c2ccc2sc4ccccc4c23)c1. The van der Waals surface area contributed by atoms with E-state index in [4.69, 9.17) is 0 Å². The minimum atomic E-state index is 1.20. The van der Waals surface area contributed by atoms with Crippen molar-refractivity contribution in [3.8, 4) is 0 Å². The lowest BCUT2D eigenvalue weighted by Gasteiger charge is -2.08. The van der Waals surface area contributed by atoms with Gasteiger partial charge >= 0.3 is 0 Å². The Kier molecular flexibility index (Phi) is 5.73. The maximum atomic E-state index is 2.42. The molecule has 0 N–H and O–H groups in total. The molecule has 1 heteroatoms. The van der Waals surface area contributed by atoms with Crippen molar-refractivity contribution in [2.24, 2.45) is 0 Å². The minimum absolute atomic E-state index is 1.20. The summed E-state index contributed by atoms with van der Waals surface area (Å²) >= 11 is 1.90. The van der Waals surface area contributed by atoms with Gasteiger partial charge in [-0.3, -0.25) is 0 Å². The first-order valence-electron chi connectivity index (χ1n) is 11.6. The maximum Gasteiger partial charge on any atom is 0.0361 e. The molecule has 0 aliphatic rings. The van der Waals surface area contributed by atoms with Crippen LogP contribution in [0.1, 0.15) is 57.4 Å². The maximum absolute atomic E-state index is 2.42. The Morgan fingerprint density at radius 2 is 1.37 bits per heavy atom. The van der Waals surface area contributed by atoms with Crippen LogP contribution in [0.15, 0.2) is 66.7 Å². The molecule has 5 rings (SSSR count). The molecule has 0 unspecified atom stereocenters. The molecule has 0 spiro atoms. The van der Waals surface area contributed by atoms with E-state index in [1.165, 1.54) is 98.6 Å². The zero-order valence-corrected chi connectivity index (χ0v) is 18.7. The molecule has 0 saturated heterocycles. The van der Waals surface area contributed by atoms with Gasteiger partial charge in [0.05, 0.1) is 0 Å². The molecule has 0 aliphatic heterocycles. The summed E-state index contributed by atoms with van der Waals surface area (Å²) in [4.78, 5) is 0. The average molecular weight is 411 g/mol. The van der Waals surface area contributed by atoms with Crippen molar-refractivity contribution in [1.82, 2.24) is 0 Å². The molecule has 0 atom stereocenters. The van der Waals surface area contributed by atoms with Crippen LogP contribution in [0.25, 0.3) is 41.7 Å². The van der Waals surface area contributed by atoms with Crippen LogP contribution in [-0.2, 0) is 6.42 Å². The molecule has 0 bridgehead atoms. The number of rotatable bonds is 8. The molecular weight excluding hydrogens is 380 g/mol. The number of unbranched alkanes of at least 4 members (excludes halogenated alkanes) is 6. The van der Waals surface area contributed by atoms with Crippen LogP contribution < -0.4 is 0 Å². The third kappa shape index (κ3) is 3.72. The van der Waals surface area contributed by atoms with E-state index in [1.807, 2.05) is 11.3 Å². The number of fused-ring (bicyclic) bond motifs is 7. The summed E-state index contributed by atoms with van der Waals surface area (Å²) in [6, 6.07) is 25.2. The van der Waals surface area contributed by atoms with Crippen LogP contribution in [0.5, 0.6) is 0 Å². The normalized spacial score (nSPS) is 11.9. The molecule has 0 amide bonds. The van der Waals surface area contributed by atoms with Gasteiger partial charge in [0.15, 0.2) is 0 Å². The van der Waals surface area contributed by atoms with Crippen LogP contribution in [0.3, 0.4) is 0 Å². The van der Waals surface area contributed by atoms with Gasteiger partial charge in [-0.15, -0.1) is 11.3 Å². The van der Waals surface area contributed by atoms with Crippen molar-refractivity contribution in [1.29, 1.82) is 0 Å². The second-order valence-electron chi connectivity index (χ2n) is 8.62. The highest BCUT2D eigenvalue weighted by molar-refractivity contribution is 7.26. The summed E-state index contributed by atoms with van der Waals surface area (Å²) in [6.07, 6.45) is 10.8. The zero-order valence-electron chi connectivity index (χ0n) is 17.9. The van der Waals surface area contributed by atoms with Crippen LogP contribution in [0, 0.1) is 0 Å². The van der Waals surface area contributed by atoms with Gasteiger partial charge in [0.25, 0.3) is 0 Å². The molecule has 5 aromatic rings. The second kappa shape index (κ2) is 8.78. The van der Waals surface area contributed by atoms with Gasteiger partial charge in [-0.2, -0.15) is 0 Å². The Balaban J connectivity index is 1.42. The van der Waals surface area contributed by atoms with E-state index in [0.29, 0.717) is 0 Å². The Morgan fingerprint density at radius 3 is 2.27 bits per heavy atom. The molecule has 0 aliphatic carbocycles. The quantitative estimate of drug-likeness (QED) is 0.176. The Morgan fingerprint density at radius 1 is 0.600 bits per heavy atom. The number of hydrogen-bond acceptors (Lipinski definition) is 1. The van der Waals surface area contributed by atoms with E-state index >= 15 is 0 Å². The molecular formula is C29H30S. The number of thiophene rings is 1. The topological polar surface area (TPSA) is 0 Å². The molecule has 4 aromatic carbocycles. The van der Waals surface area contributed by atoms with Crippen molar-refractivity contribution in [3.05, 3.63) is 72.3 Å². The number of hydrogen-bond donors (Lipinski definition) is 0. The summed E-state index contributed by atoms with van der Waals surface area (Å²) < 4.78 is 2.77. The van der Waals surface area contributed by atoms with Gasteiger partial charge in [-0.25, -0.2) is 0 Å². The standard InChI is InChI=1S/C29H30S/c1-2-3-4-5-6-7-8-11-21-14-16-23-22(20-21)15-17-25-24(23)18-19-28-29(25)26-12-9-10-13-27(26)30-28/h9-10,12-20H,2-8,11H2,1H3. The molecule has 30 heavy (non-hydrogen) atoms. The lowest BCUT2D eigenvalue weighted by molar-refractivity contribution is 0.589. The highest BCUT2D eigenvalue weighted by Crippen LogP contribution is 2.40. The average Bonchev–Trinajstić information content (AvgIpc) is 3.17. The first-order valence-corrected chi connectivity index (χ1v) is 12.4. The number of aryl methyl sites for hydroxylation is 1. The van der Waals surface area contributed by atoms with E-state index in [1.54, 1.807) is 0 Å². The summed E-state index contributed by atoms with van der Waals surface area (Å²) in [7, 11) is 0. The summed E-state index contributed by atoms with van der Waals surface area (Å²) in [6.45, 7) is 2.29. The molecule has 0 saturated carbocycles. The zero-order chi connectivity index (χ0) is 20.3. The van der Waals surface area contributed by atoms with Gasteiger partial charge in [-0.1, -0.05) is 100 Å². The fraction of sp³-hybridized carbons (Fsp3) is 0.310. The van der Waals surface area contributed by atoms with Gasteiger partial charge < -0.3 is 0 Å². The van der Waals surface area contributed by atoms with E-state index in [2.05, 4.69) is 73.7 Å². The van der Waals surface area contributed by atoms with Crippen molar-refractivity contribution in [2.75, 3.05) is 0 Å². The van der Waals surface area contributed by atoms with Crippen LogP contribution in [-0.4, -0.2) is 0 Å². The van der Waals surface area contributed by atoms with E-state index in [-0.39, 0.29) is 0 Å². The third-order valence-electron chi connectivity index (χ3n) is 6.49. The first-order chi connectivity index (χ1) is 14.8.